The summed E-state index contributed by atoms with van der Waals surface area (Å²) in [5.74, 6) is 0.435. The van der Waals surface area contributed by atoms with E-state index in [2.05, 4.69) is 20.1 Å². The zero-order valence-corrected chi connectivity index (χ0v) is 14.0. The first-order chi connectivity index (χ1) is 12.0. The van der Waals surface area contributed by atoms with Gasteiger partial charge in [-0.1, -0.05) is 19.0 Å². The number of H-pyrrole nitrogens is 1. The average Bonchev–Trinajstić information content (AvgIpc) is 3.31. The molecule has 7 nitrogen and oxygen atoms in total. The van der Waals surface area contributed by atoms with Crippen molar-refractivity contribution in [3.05, 3.63) is 41.6 Å². The molecule has 0 aliphatic carbocycles. The Morgan fingerprint density at radius 1 is 1.44 bits per heavy atom. The highest BCUT2D eigenvalue weighted by Crippen LogP contribution is 2.33. The van der Waals surface area contributed by atoms with Crippen LogP contribution in [0.4, 0.5) is 4.39 Å². The molecule has 3 aromatic rings. The molecule has 0 unspecified atom stereocenters. The molecule has 25 heavy (non-hydrogen) atoms. The number of aromatic amines is 1. The predicted molar refractivity (Wildman–Crippen MR) is 87.5 cm³/mol. The van der Waals surface area contributed by atoms with E-state index in [-0.39, 0.29) is 23.4 Å². The summed E-state index contributed by atoms with van der Waals surface area (Å²) in [6.07, 6.45) is 3.04. The van der Waals surface area contributed by atoms with E-state index < -0.39 is 5.82 Å². The Hall–Kier alpha value is -2.77. The van der Waals surface area contributed by atoms with E-state index in [1.807, 2.05) is 13.8 Å². The molecule has 130 valence electrons. The summed E-state index contributed by atoms with van der Waals surface area (Å²) in [5, 5.41) is 4.04. The molecule has 1 amide bonds. The number of fused-ring (bicyclic) bond motifs is 1. The minimum Gasteiger partial charge on any atom is -0.344 e. The van der Waals surface area contributed by atoms with Crippen molar-refractivity contribution in [2.45, 2.75) is 38.6 Å². The number of nitrogens with one attached hydrogen (secondary N) is 1. The minimum absolute atomic E-state index is 0.124. The first-order valence-corrected chi connectivity index (χ1v) is 8.31. The lowest BCUT2D eigenvalue weighted by atomic mass is 10.1. The number of aromatic nitrogens is 4. The lowest BCUT2D eigenvalue weighted by Gasteiger charge is -2.22. The normalized spacial score (nSPS) is 17.8. The molecule has 1 aromatic carbocycles. The number of carbonyl (C=O) groups is 1. The van der Waals surface area contributed by atoms with Crippen LogP contribution < -0.4 is 0 Å². The van der Waals surface area contributed by atoms with Gasteiger partial charge in [0.2, 0.25) is 5.89 Å². The van der Waals surface area contributed by atoms with Gasteiger partial charge in [-0.2, -0.15) is 4.98 Å². The predicted octanol–water partition coefficient (Wildman–Crippen LogP) is 3.19. The largest absolute Gasteiger partial charge is 0.344 e. The minimum atomic E-state index is -0.475. The van der Waals surface area contributed by atoms with E-state index in [9.17, 15) is 9.18 Å². The third kappa shape index (κ3) is 2.67. The number of benzene rings is 1. The average molecular weight is 343 g/mol. The van der Waals surface area contributed by atoms with Crippen molar-refractivity contribution in [2.24, 2.45) is 0 Å². The van der Waals surface area contributed by atoms with Crippen LogP contribution in [0.5, 0.6) is 0 Å². The van der Waals surface area contributed by atoms with Crippen molar-refractivity contribution >= 4 is 16.9 Å². The fraction of sp³-hybridized carbons (Fsp3) is 0.412. The van der Waals surface area contributed by atoms with E-state index in [1.165, 1.54) is 18.5 Å². The highest BCUT2D eigenvalue weighted by atomic mass is 19.1. The SMILES string of the molecule is CC(C)c1nc([C@@H]2CCCN2C(=O)c2cc(F)cc3[nH]cnc23)no1. The van der Waals surface area contributed by atoms with E-state index in [4.69, 9.17) is 4.52 Å². The fourth-order valence-corrected chi connectivity index (χ4v) is 3.23. The molecular formula is C17H18FN5O2. The molecule has 1 saturated heterocycles. The molecule has 0 saturated carbocycles. The molecule has 1 aliphatic rings. The van der Waals surface area contributed by atoms with Crippen LogP contribution in [-0.2, 0) is 0 Å². The highest BCUT2D eigenvalue weighted by molar-refractivity contribution is 6.05. The zero-order chi connectivity index (χ0) is 17.6. The maximum atomic E-state index is 13.9. The van der Waals surface area contributed by atoms with Crippen LogP contribution in [0.2, 0.25) is 0 Å². The number of hydrogen-bond donors (Lipinski definition) is 1. The van der Waals surface area contributed by atoms with Crippen LogP contribution in [-0.4, -0.2) is 37.5 Å². The number of likely N-dealkylation sites (tertiary alicyclic amines) is 1. The lowest BCUT2D eigenvalue weighted by molar-refractivity contribution is 0.0729. The van der Waals surface area contributed by atoms with Crippen LogP contribution >= 0.6 is 0 Å². The molecular weight excluding hydrogens is 325 g/mol. The topological polar surface area (TPSA) is 87.9 Å². The Balaban J connectivity index is 1.69. The van der Waals surface area contributed by atoms with E-state index in [0.717, 1.165) is 12.8 Å². The second-order valence-electron chi connectivity index (χ2n) is 6.55. The maximum Gasteiger partial charge on any atom is 0.256 e. The summed E-state index contributed by atoms with van der Waals surface area (Å²) >= 11 is 0. The summed E-state index contributed by atoms with van der Waals surface area (Å²) in [6, 6.07) is 2.30. The molecule has 2 aromatic heterocycles. The zero-order valence-electron chi connectivity index (χ0n) is 14.0. The molecule has 1 aliphatic heterocycles. The van der Waals surface area contributed by atoms with Gasteiger partial charge in [0.25, 0.3) is 5.91 Å². The summed E-state index contributed by atoms with van der Waals surface area (Å²) in [5.41, 5.74) is 1.21. The van der Waals surface area contributed by atoms with E-state index >= 15 is 0 Å². The van der Waals surface area contributed by atoms with Crippen molar-refractivity contribution < 1.29 is 13.7 Å². The third-order valence-electron chi connectivity index (χ3n) is 4.48. The molecule has 3 heterocycles. The summed E-state index contributed by atoms with van der Waals surface area (Å²) in [4.78, 5) is 26.2. The van der Waals surface area contributed by atoms with Crippen LogP contribution in [0.25, 0.3) is 11.0 Å². The van der Waals surface area contributed by atoms with Gasteiger partial charge in [-0.25, -0.2) is 9.37 Å². The van der Waals surface area contributed by atoms with Gasteiger partial charge in [-0.05, 0) is 25.0 Å². The summed E-state index contributed by atoms with van der Waals surface area (Å²) in [6.45, 7) is 4.50. The second kappa shape index (κ2) is 5.94. The van der Waals surface area contributed by atoms with Gasteiger partial charge in [-0.15, -0.1) is 0 Å². The van der Waals surface area contributed by atoms with Gasteiger partial charge in [-0.3, -0.25) is 4.79 Å². The smallest absolute Gasteiger partial charge is 0.256 e. The molecule has 1 N–H and O–H groups in total. The van der Waals surface area contributed by atoms with E-state index in [0.29, 0.717) is 29.3 Å². The Labute approximate surface area is 143 Å². The number of halogens is 1. The van der Waals surface area contributed by atoms with Gasteiger partial charge < -0.3 is 14.4 Å². The Kier molecular flexibility index (Phi) is 3.74. The summed E-state index contributed by atoms with van der Waals surface area (Å²) < 4.78 is 19.1. The number of hydrogen-bond acceptors (Lipinski definition) is 5. The molecule has 0 bridgehead atoms. The monoisotopic (exact) mass is 343 g/mol. The molecule has 1 atom stereocenters. The van der Waals surface area contributed by atoms with Gasteiger partial charge >= 0.3 is 0 Å². The lowest BCUT2D eigenvalue weighted by Crippen LogP contribution is -2.31. The van der Waals surface area contributed by atoms with Crippen molar-refractivity contribution in [3.8, 4) is 0 Å². The van der Waals surface area contributed by atoms with Crippen molar-refractivity contribution in [2.75, 3.05) is 6.54 Å². The van der Waals surface area contributed by atoms with E-state index in [1.54, 1.807) is 4.90 Å². The number of imidazole rings is 1. The number of amides is 1. The standard InChI is InChI=1S/C17H18FN5O2/c1-9(2)16-21-15(22-25-16)13-4-3-5-23(13)17(24)11-6-10(18)7-12-14(11)20-8-19-12/h6-9,13H,3-5H2,1-2H3,(H,19,20)/t13-/m0/s1. The summed E-state index contributed by atoms with van der Waals surface area (Å²) in [7, 11) is 0. The highest BCUT2D eigenvalue weighted by Gasteiger charge is 2.35. The number of rotatable bonds is 3. The Morgan fingerprint density at radius 2 is 2.28 bits per heavy atom. The van der Waals surface area contributed by atoms with Gasteiger partial charge in [0.05, 0.1) is 23.4 Å². The fourth-order valence-electron chi connectivity index (χ4n) is 3.23. The van der Waals surface area contributed by atoms with Crippen LogP contribution in [0.1, 0.15) is 60.7 Å². The van der Waals surface area contributed by atoms with Gasteiger partial charge in [0, 0.05) is 12.5 Å². The number of carbonyl (C=O) groups excluding carboxylic acids is 1. The van der Waals surface area contributed by atoms with Crippen molar-refractivity contribution in [3.63, 3.8) is 0 Å². The first-order valence-electron chi connectivity index (χ1n) is 8.31. The number of nitrogens with zero attached hydrogens (tertiary/aromatic N) is 4. The maximum absolute atomic E-state index is 13.9. The third-order valence-corrected chi connectivity index (χ3v) is 4.48. The quantitative estimate of drug-likeness (QED) is 0.789. The first kappa shape index (κ1) is 15.7. The molecule has 0 radical (unpaired) electrons. The molecule has 1 fully saturated rings. The van der Waals surface area contributed by atoms with Crippen LogP contribution in [0, 0.1) is 5.82 Å². The van der Waals surface area contributed by atoms with Crippen molar-refractivity contribution in [1.82, 2.24) is 25.0 Å². The second-order valence-corrected chi connectivity index (χ2v) is 6.55. The van der Waals surface area contributed by atoms with Gasteiger partial charge in [0.1, 0.15) is 11.3 Å². The Morgan fingerprint density at radius 3 is 3.04 bits per heavy atom. The van der Waals surface area contributed by atoms with Gasteiger partial charge in [0.15, 0.2) is 5.82 Å². The van der Waals surface area contributed by atoms with Crippen LogP contribution in [0.15, 0.2) is 23.0 Å². The van der Waals surface area contributed by atoms with Crippen molar-refractivity contribution in [1.29, 1.82) is 0 Å². The molecule has 0 spiro atoms. The molecule has 4 rings (SSSR count). The molecule has 8 heteroatoms. The Bertz CT molecular complexity index is 932. The van der Waals surface area contributed by atoms with Crippen LogP contribution in [0.3, 0.4) is 0 Å².